The third kappa shape index (κ3) is 5.01. The molecule has 0 aromatic heterocycles. The topological polar surface area (TPSA) is 6.48 Å². The molecule has 0 aliphatic carbocycles. The van der Waals surface area contributed by atoms with Crippen LogP contribution < -0.4 is 26.2 Å². The summed E-state index contributed by atoms with van der Waals surface area (Å²) >= 11 is 0. The quantitative estimate of drug-likeness (QED) is 0.0995. The Balaban J connectivity index is 1.10. The van der Waals surface area contributed by atoms with Crippen molar-refractivity contribution in [1.29, 1.82) is 0 Å². The molecule has 0 N–H and O–H groups in total. The Labute approximate surface area is 376 Å². The van der Waals surface area contributed by atoms with Crippen molar-refractivity contribution in [3.63, 3.8) is 0 Å². The number of para-hydroxylation sites is 2. The zero-order valence-electron chi connectivity index (χ0n) is 35.3. The average molecular weight is 821 g/mol. The SMILES string of the molecule is c1ccc(N2c3cc4cc5ccccc5cc4cc3B3c4cc5cc6ccccc6cc5cc4N(c4ccccc4)c4cc(-c5ccc6ccc7cccc8ccc5c6c78)cc2c43)cc1. The van der Waals surface area contributed by atoms with E-state index in [4.69, 9.17) is 0 Å². The largest absolute Gasteiger partial charge is 0.311 e. The predicted molar refractivity (Wildman–Crippen MR) is 280 cm³/mol. The summed E-state index contributed by atoms with van der Waals surface area (Å²) < 4.78 is 0. The molecule has 2 aliphatic heterocycles. The van der Waals surface area contributed by atoms with Crippen molar-refractivity contribution < 1.29 is 0 Å². The molecule has 0 fully saturated rings. The van der Waals surface area contributed by atoms with Gasteiger partial charge in [0.25, 0.3) is 6.71 Å². The molecule has 2 heterocycles. The van der Waals surface area contributed by atoms with E-state index >= 15 is 0 Å². The molecule has 3 heteroatoms. The summed E-state index contributed by atoms with van der Waals surface area (Å²) in [7, 11) is 0. The fourth-order valence-corrected chi connectivity index (χ4v) is 11.7. The number of hydrogen-bond donors (Lipinski definition) is 0. The van der Waals surface area contributed by atoms with Crippen molar-refractivity contribution in [1.82, 2.24) is 0 Å². The van der Waals surface area contributed by atoms with E-state index in [9.17, 15) is 0 Å². The van der Waals surface area contributed by atoms with E-state index in [1.807, 2.05) is 0 Å². The van der Waals surface area contributed by atoms with E-state index in [2.05, 4.69) is 234 Å². The molecule has 65 heavy (non-hydrogen) atoms. The lowest BCUT2D eigenvalue weighted by Crippen LogP contribution is -2.61. The first-order valence-electron chi connectivity index (χ1n) is 22.7. The van der Waals surface area contributed by atoms with E-state index in [0.29, 0.717) is 0 Å². The maximum Gasteiger partial charge on any atom is 0.252 e. The minimum Gasteiger partial charge on any atom is -0.311 e. The molecule has 15 rings (SSSR count). The van der Waals surface area contributed by atoms with Crippen molar-refractivity contribution >= 4 is 133 Å². The maximum atomic E-state index is 2.56. The van der Waals surface area contributed by atoms with E-state index in [1.54, 1.807) is 0 Å². The highest BCUT2D eigenvalue weighted by molar-refractivity contribution is 7.00. The standard InChI is InChI=1S/C62H37BN2/c1-3-18-50(19-4-1)64-56-34-47-30-43-14-9-7-12-41(43)28-45(47)32-54(56)63-55-33-46-29-42-13-8-10-15-44(42)31-48(46)35-57(55)65(51-20-5-2-6-21-51)59-37-49(36-58(64)62(59)63)52-26-24-40-23-22-38-16-11-17-39-25-27-53(52)61(40)60(38)39/h1-37H. The van der Waals surface area contributed by atoms with Gasteiger partial charge in [-0.3, -0.25) is 0 Å². The number of rotatable bonds is 3. The first-order valence-corrected chi connectivity index (χ1v) is 22.7. The summed E-state index contributed by atoms with van der Waals surface area (Å²) in [5.41, 5.74) is 13.5. The fourth-order valence-electron chi connectivity index (χ4n) is 11.7. The van der Waals surface area contributed by atoms with Gasteiger partial charge >= 0.3 is 0 Å². The molecule has 0 saturated carbocycles. The van der Waals surface area contributed by atoms with Crippen LogP contribution in [-0.2, 0) is 0 Å². The number of fused-ring (bicyclic) bond motifs is 8. The van der Waals surface area contributed by atoms with Gasteiger partial charge in [-0.1, -0.05) is 152 Å². The predicted octanol–water partition coefficient (Wildman–Crippen LogP) is 14.9. The van der Waals surface area contributed by atoms with Crippen LogP contribution in [0.2, 0.25) is 0 Å². The van der Waals surface area contributed by atoms with Crippen LogP contribution in [0.3, 0.4) is 0 Å². The van der Waals surface area contributed by atoms with Gasteiger partial charge in [0.2, 0.25) is 0 Å². The molecular weight excluding hydrogens is 784 g/mol. The lowest BCUT2D eigenvalue weighted by Gasteiger charge is -2.44. The molecule has 13 aromatic carbocycles. The molecule has 0 radical (unpaired) electrons. The minimum atomic E-state index is -0.0351. The highest BCUT2D eigenvalue weighted by atomic mass is 15.2. The summed E-state index contributed by atoms with van der Waals surface area (Å²) in [5, 5.41) is 17.8. The summed E-state index contributed by atoms with van der Waals surface area (Å²) in [6, 6.07) is 84.7. The van der Waals surface area contributed by atoms with Crippen molar-refractivity contribution in [2.45, 2.75) is 0 Å². The number of benzene rings is 13. The Morgan fingerprint density at radius 1 is 0.277 bits per heavy atom. The van der Waals surface area contributed by atoms with Crippen molar-refractivity contribution in [2.24, 2.45) is 0 Å². The molecule has 2 nitrogen and oxygen atoms in total. The van der Waals surface area contributed by atoms with Gasteiger partial charge in [0.1, 0.15) is 0 Å². The second kappa shape index (κ2) is 13.1. The van der Waals surface area contributed by atoms with Crippen LogP contribution in [0, 0.1) is 0 Å². The zero-order chi connectivity index (χ0) is 42.3. The maximum absolute atomic E-state index is 2.56. The molecule has 298 valence electrons. The summed E-state index contributed by atoms with van der Waals surface area (Å²) in [5.74, 6) is 0. The molecule has 13 aromatic rings. The number of hydrogen-bond acceptors (Lipinski definition) is 2. The molecule has 0 spiro atoms. The number of nitrogens with zero attached hydrogens (tertiary/aromatic N) is 2. The first kappa shape index (κ1) is 35.1. The van der Waals surface area contributed by atoms with Gasteiger partial charge in [-0.15, -0.1) is 0 Å². The summed E-state index contributed by atoms with van der Waals surface area (Å²) in [4.78, 5) is 5.11. The van der Waals surface area contributed by atoms with Gasteiger partial charge in [-0.2, -0.15) is 0 Å². The van der Waals surface area contributed by atoms with Crippen LogP contribution in [0.15, 0.2) is 224 Å². The highest BCUT2D eigenvalue weighted by Gasteiger charge is 2.44. The molecule has 0 bridgehead atoms. The third-order valence-corrected chi connectivity index (χ3v) is 14.6. The van der Waals surface area contributed by atoms with Crippen LogP contribution in [0.5, 0.6) is 0 Å². The second-order valence-corrected chi connectivity index (χ2v) is 18.1. The smallest absolute Gasteiger partial charge is 0.252 e. The molecule has 0 saturated heterocycles. The van der Waals surface area contributed by atoms with Crippen LogP contribution in [0.1, 0.15) is 0 Å². The van der Waals surface area contributed by atoms with E-state index < -0.39 is 0 Å². The van der Waals surface area contributed by atoms with Gasteiger partial charge in [-0.25, -0.2) is 0 Å². The fraction of sp³-hybridized carbons (Fsp3) is 0. The normalized spacial score (nSPS) is 13.1. The van der Waals surface area contributed by atoms with Gasteiger partial charge in [-0.05, 0) is 176 Å². The molecule has 2 aliphatic rings. The van der Waals surface area contributed by atoms with Crippen LogP contribution >= 0.6 is 0 Å². The molecule has 0 unspecified atom stereocenters. The van der Waals surface area contributed by atoms with Crippen LogP contribution in [0.4, 0.5) is 34.1 Å². The Morgan fingerprint density at radius 3 is 1.20 bits per heavy atom. The molecule has 0 amide bonds. The Bertz CT molecular complexity index is 3930. The van der Waals surface area contributed by atoms with Crippen molar-refractivity contribution in [3.05, 3.63) is 224 Å². The summed E-state index contributed by atoms with van der Waals surface area (Å²) in [6.07, 6.45) is 0. The summed E-state index contributed by atoms with van der Waals surface area (Å²) in [6.45, 7) is -0.0351. The van der Waals surface area contributed by atoms with E-state index in [-0.39, 0.29) is 6.71 Å². The monoisotopic (exact) mass is 820 g/mol. The van der Waals surface area contributed by atoms with Gasteiger partial charge in [0.15, 0.2) is 0 Å². The van der Waals surface area contributed by atoms with Gasteiger partial charge < -0.3 is 9.80 Å². The Hall–Kier alpha value is -8.40. The van der Waals surface area contributed by atoms with Crippen molar-refractivity contribution in [2.75, 3.05) is 9.80 Å². The third-order valence-electron chi connectivity index (χ3n) is 14.6. The van der Waals surface area contributed by atoms with E-state index in [0.717, 1.165) is 11.4 Å². The highest BCUT2D eigenvalue weighted by Crippen LogP contribution is 2.49. The zero-order valence-corrected chi connectivity index (χ0v) is 35.3. The first-order chi connectivity index (χ1) is 32.2. The van der Waals surface area contributed by atoms with Gasteiger partial charge in [0.05, 0.1) is 0 Å². The van der Waals surface area contributed by atoms with Gasteiger partial charge in [0, 0.05) is 34.1 Å². The lowest BCUT2D eigenvalue weighted by molar-refractivity contribution is 1.26. The second-order valence-electron chi connectivity index (χ2n) is 18.1. The average Bonchev–Trinajstić information content (AvgIpc) is 3.36. The van der Waals surface area contributed by atoms with E-state index in [1.165, 1.54) is 126 Å². The molecular formula is C62H37BN2. The minimum absolute atomic E-state index is 0.0351. The Morgan fingerprint density at radius 2 is 0.692 bits per heavy atom. The van der Waals surface area contributed by atoms with Crippen LogP contribution in [-0.4, -0.2) is 6.71 Å². The molecule has 0 atom stereocenters. The van der Waals surface area contributed by atoms with Crippen molar-refractivity contribution in [3.8, 4) is 11.1 Å². The van der Waals surface area contributed by atoms with Crippen LogP contribution in [0.25, 0.3) is 86.5 Å². The Kier molecular flexibility index (Phi) is 7.06. The lowest BCUT2D eigenvalue weighted by atomic mass is 9.33. The number of anilines is 6.